The van der Waals surface area contributed by atoms with E-state index >= 15 is 0 Å². The van der Waals surface area contributed by atoms with Crippen molar-refractivity contribution in [3.63, 3.8) is 0 Å². The van der Waals surface area contributed by atoms with Gasteiger partial charge in [0.1, 0.15) is 10.8 Å². The van der Waals surface area contributed by atoms with Crippen LogP contribution in [0.3, 0.4) is 0 Å². The Balaban J connectivity index is 2.16. The van der Waals surface area contributed by atoms with Crippen LogP contribution in [0.1, 0.15) is 40.2 Å². The lowest BCUT2D eigenvalue weighted by molar-refractivity contribution is -0.122. The Morgan fingerprint density at radius 1 is 1.27 bits per heavy atom. The summed E-state index contributed by atoms with van der Waals surface area (Å²) >= 11 is 7.28. The predicted molar refractivity (Wildman–Crippen MR) is 105 cm³/mol. The first-order valence-corrected chi connectivity index (χ1v) is 9.44. The zero-order valence-corrected chi connectivity index (χ0v) is 17.0. The van der Waals surface area contributed by atoms with E-state index in [1.165, 1.54) is 11.3 Å². The number of halogens is 1. The van der Waals surface area contributed by atoms with E-state index in [-0.39, 0.29) is 12.5 Å². The Kier molecular flexibility index (Phi) is 6.67. The molecule has 0 aliphatic carbocycles. The highest BCUT2D eigenvalue weighted by Crippen LogP contribution is 2.33. The summed E-state index contributed by atoms with van der Waals surface area (Å²) in [5, 5.41) is 3.88. The molecule has 1 amide bonds. The van der Waals surface area contributed by atoms with Gasteiger partial charge < -0.3 is 14.8 Å². The molecule has 1 atom stereocenters. The maximum Gasteiger partial charge on any atom is 0.341 e. The zero-order chi connectivity index (χ0) is 19.4. The average Bonchev–Trinajstić information content (AvgIpc) is 2.84. The summed E-state index contributed by atoms with van der Waals surface area (Å²) < 4.78 is 10.8. The van der Waals surface area contributed by atoms with Crippen molar-refractivity contribution in [3.05, 3.63) is 44.8 Å². The minimum Gasteiger partial charge on any atom is -0.481 e. The van der Waals surface area contributed by atoms with Gasteiger partial charge in [0, 0.05) is 9.90 Å². The van der Waals surface area contributed by atoms with Gasteiger partial charge in [-0.05, 0) is 63.9 Å². The van der Waals surface area contributed by atoms with Crippen molar-refractivity contribution in [1.29, 1.82) is 0 Å². The Labute approximate surface area is 162 Å². The van der Waals surface area contributed by atoms with E-state index < -0.39 is 12.1 Å². The molecule has 7 heteroatoms. The van der Waals surface area contributed by atoms with Crippen molar-refractivity contribution >= 4 is 39.8 Å². The van der Waals surface area contributed by atoms with Crippen molar-refractivity contribution in [2.75, 3.05) is 11.9 Å². The monoisotopic (exact) mass is 395 g/mol. The molecule has 0 saturated heterocycles. The molecule has 26 heavy (non-hydrogen) atoms. The molecule has 5 nitrogen and oxygen atoms in total. The van der Waals surface area contributed by atoms with Crippen molar-refractivity contribution in [2.24, 2.45) is 0 Å². The fraction of sp³-hybridized carbons (Fsp3) is 0.368. The molecule has 1 heterocycles. The number of aryl methyl sites for hydroxylation is 2. The summed E-state index contributed by atoms with van der Waals surface area (Å²) in [4.78, 5) is 25.7. The summed E-state index contributed by atoms with van der Waals surface area (Å²) in [6, 6.07) is 5.21. The molecule has 2 rings (SSSR count). The smallest absolute Gasteiger partial charge is 0.341 e. The highest BCUT2D eigenvalue weighted by atomic mass is 35.5. The summed E-state index contributed by atoms with van der Waals surface area (Å²) in [5.41, 5.74) is 2.05. The first-order chi connectivity index (χ1) is 12.2. The van der Waals surface area contributed by atoms with Crippen LogP contribution in [0.2, 0.25) is 5.02 Å². The predicted octanol–water partition coefficient (Wildman–Crippen LogP) is 4.91. The van der Waals surface area contributed by atoms with Crippen LogP contribution in [0.25, 0.3) is 0 Å². The SMILES string of the molecule is CCOC(=O)c1c(NC(=O)[C@H](C)Oc2ccc(Cl)cc2C)sc(C)c1C. The zero-order valence-electron chi connectivity index (χ0n) is 15.4. The van der Waals surface area contributed by atoms with Crippen LogP contribution in [0.15, 0.2) is 18.2 Å². The number of hydrogen-bond donors (Lipinski definition) is 1. The van der Waals surface area contributed by atoms with Gasteiger partial charge in [-0.2, -0.15) is 0 Å². The Morgan fingerprint density at radius 3 is 2.58 bits per heavy atom. The molecule has 0 radical (unpaired) electrons. The Hall–Kier alpha value is -2.05. The maximum atomic E-state index is 12.5. The molecule has 0 fully saturated rings. The maximum absolute atomic E-state index is 12.5. The molecule has 0 spiro atoms. The summed E-state index contributed by atoms with van der Waals surface area (Å²) in [6.07, 6.45) is -0.743. The molecule has 0 unspecified atom stereocenters. The second-order valence-electron chi connectivity index (χ2n) is 5.87. The largest absolute Gasteiger partial charge is 0.481 e. The van der Waals surface area contributed by atoms with Gasteiger partial charge in [0.2, 0.25) is 0 Å². The van der Waals surface area contributed by atoms with Gasteiger partial charge in [-0.15, -0.1) is 11.3 Å². The molecular formula is C19H22ClNO4S. The fourth-order valence-electron chi connectivity index (χ4n) is 2.37. The quantitative estimate of drug-likeness (QED) is 0.706. The molecule has 0 bridgehead atoms. The molecule has 1 N–H and O–H groups in total. The number of ether oxygens (including phenoxy) is 2. The average molecular weight is 396 g/mol. The van der Waals surface area contributed by atoms with Crippen LogP contribution in [-0.2, 0) is 9.53 Å². The molecule has 0 aliphatic rings. The summed E-state index contributed by atoms with van der Waals surface area (Å²) in [6.45, 7) is 9.27. The van der Waals surface area contributed by atoms with Crippen LogP contribution in [0.4, 0.5) is 5.00 Å². The van der Waals surface area contributed by atoms with E-state index in [0.717, 1.165) is 16.0 Å². The van der Waals surface area contributed by atoms with Crippen LogP contribution in [-0.4, -0.2) is 24.6 Å². The normalized spacial score (nSPS) is 11.8. The third-order valence-corrected chi connectivity index (χ3v) is 5.27. The van der Waals surface area contributed by atoms with Gasteiger partial charge in [-0.1, -0.05) is 11.6 Å². The van der Waals surface area contributed by atoms with E-state index in [4.69, 9.17) is 21.1 Å². The highest BCUT2D eigenvalue weighted by Gasteiger charge is 2.24. The van der Waals surface area contributed by atoms with Gasteiger partial charge >= 0.3 is 5.97 Å². The second kappa shape index (κ2) is 8.56. The number of rotatable bonds is 6. The first kappa shape index (κ1) is 20.3. The molecule has 2 aromatic rings. The van der Waals surface area contributed by atoms with Crippen molar-refractivity contribution < 1.29 is 19.1 Å². The first-order valence-electron chi connectivity index (χ1n) is 8.25. The van der Waals surface area contributed by atoms with E-state index in [1.54, 1.807) is 32.0 Å². The molecular weight excluding hydrogens is 374 g/mol. The van der Waals surface area contributed by atoms with E-state index in [0.29, 0.717) is 21.3 Å². The summed E-state index contributed by atoms with van der Waals surface area (Å²) in [5.74, 6) is -0.195. The minimum atomic E-state index is -0.743. The topological polar surface area (TPSA) is 64.6 Å². The number of amides is 1. The molecule has 0 aliphatic heterocycles. The van der Waals surface area contributed by atoms with Crippen LogP contribution in [0, 0.1) is 20.8 Å². The second-order valence-corrected chi connectivity index (χ2v) is 7.53. The van der Waals surface area contributed by atoms with Crippen molar-refractivity contribution in [2.45, 2.75) is 40.7 Å². The number of esters is 1. The minimum absolute atomic E-state index is 0.274. The van der Waals surface area contributed by atoms with E-state index in [1.807, 2.05) is 20.8 Å². The molecule has 0 saturated carbocycles. The molecule has 140 valence electrons. The fourth-order valence-corrected chi connectivity index (χ4v) is 3.64. The third-order valence-electron chi connectivity index (χ3n) is 3.91. The molecule has 1 aromatic carbocycles. The lowest BCUT2D eigenvalue weighted by Gasteiger charge is -2.16. The van der Waals surface area contributed by atoms with Crippen molar-refractivity contribution in [1.82, 2.24) is 0 Å². The lowest BCUT2D eigenvalue weighted by atomic mass is 10.1. The van der Waals surface area contributed by atoms with Gasteiger partial charge in [0.15, 0.2) is 6.10 Å². The van der Waals surface area contributed by atoms with Gasteiger partial charge in [0.05, 0.1) is 12.2 Å². The third kappa shape index (κ3) is 4.56. The Bertz CT molecular complexity index is 831. The number of hydrogen-bond acceptors (Lipinski definition) is 5. The van der Waals surface area contributed by atoms with Gasteiger partial charge in [0.25, 0.3) is 5.91 Å². The standard InChI is InChI=1S/C19H22ClNO4S/c1-6-24-19(23)16-11(3)13(5)26-18(16)21-17(22)12(4)25-15-8-7-14(20)9-10(15)2/h7-9,12H,6H2,1-5H3,(H,21,22)/t12-/m0/s1. The van der Waals surface area contributed by atoms with Crippen molar-refractivity contribution in [3.8, 4) is 5.75 Å². The van der Waals surface area contributed by atoms with Crippen LogP contribution >= 0.6 is 22.9 Å². The Morgan fingerprint density at radius 2 is 1.96 bits per heavy atom. The summed E-state index contributed by atoms with van der Waals surface area (Å²) in [7, 11) is 0. The number of nitrogens with one attached hydrogen (secondary N) is 1. The van der Waals surface area contributed by atoms with E-state index in [9.17, 15) is 9.59 Å². The van der Waals surface area contributed by atoms with Crippen LogP contribution in [0.5, 0.6) is 5.75 Å². The number of carbonyl (C=O) groups excluding carboxylic acids is 2. The van der Waals surface area contributed by atoms with Crippen LogP contribution < -0.4 is 10.1 Å². The lowest BCUT2D eigenvalue weighted by Crippen LogP contribution is -2.30. The number of benzene rings is 1. The van der Waals surface area contributed by atoms with Gasteiger partial charge in [-0.25, -0.2) is 4.79 Å². The number of carbonyl (C=O) groups is 2. The van der Waals surface area contributed by atoms with E-state index in [2.05, 4.69) is 5.32 Å². The number of thiophene rings is 1. The van der Waals surface area contributed by atoms with Gasteiger partial charge in [-0.3, -0.25) is 4.79 Å². The number of anilines is 1. The molecule has 1 aromatic heterocycles. The highest BCUT2D eigenvalue weighted by molar-refractivity contribution is 7.16.